The molecule has 1 aromatic heterocycles. The molecule has 0 amide bonds. The number of rotatable bonds is 2. The molecule has 25 heavy (non-hydrogen) atoms. The van der Waals surface area contributed by atoms with Crippen LogP contribution < -0.4 is 5.32 Å². The highest BCUT2D eigenvalue weighted by Gasteiger charge is 2.36. The Bertz CT molecular complexity index is 1040. The van der Waals surface area contributed by atoms with Crippen LogP contribution >= 0.6 is 0 Å². The van der Waals surface area contributed by atoms with Crippen molar-refractivity contribution < 1.29 is 14.4 Å². The molecule has 4 rings (SSSR count). The van der Waals surface area contributed by atoms with Crippen LogP contribution in [0.1, 0.15) is 43.8 Å². The average Bonchev–Trinajstić information content (AvgIpc) is 3.00. The van der Waals surface area contributed by atoms with Crippen molar-refractivity contribution in [2.24, 2.45) is 0 Å². The maximum atomic E-state index is 12.9. The van der Waals surface area contributed by atoms with E-state index in [1.807, 2.05) is 18.2 Å². The van der Waals surface area contributed by atoms with E-state index in [9.17, 15) is 14.4 Å². The van der Waals surface area contributed by atoms with Crippen LogP contribution in [0.15, 0.2) is 54.6 Å². The van der Waals surface area contributed by atoms with Gasteiger partial charge in [-0.15, -0.1) is 0 Å². The smallest absolute Gasteiger partial charge is 0.230 e. The van der Waals surface area contributed by atoms with E-state index in [4.69, 9.17) is 0 Å². The van der Waals surface area contributed by atoms with E-state index in [1.54, 1.807) is 36.4 Å². The summed E-state index contributed by atoms with van der Waals surface area (Å²) in [7, 11) is 0. The van der Waals surface area contributed by atoms with Gasteiger partial charge in [-0.2, -0.15) is 0 Å². The van der Waals surface area contributed by atoms with Crippen LogP contribution in [-0.4, -0.2) is 27.0 Å². The Hall–Kier alpha value is -3.54. The first-order chi connectivity index (χ1) is 12.1. The van der Waals surface area contributed by atoms with Crippen LogP contribution in [0.3, 0.4) is 0 Å². The predicted molar refractivity (Wildman–Crippen MR) is 91.6 cm³/mol. The number of nitrogens with one attached hydrogen (secondary N) is 1. The molecule has 0 bridgehead atoms. The summed E-state index contributed by atoms with van der Waals surface area (Å²) in [5.74, 6) is -0.985. The molecule has 1 aliphatic rings. The van der Waals surface area contributed by atoms with Gasteiger partial charge >= 0.3 is 0 Å². The maximum absolute atomic E-state index is 12.9. The SMILES string of the molecule is CC(=O)n1c(Nc2ccccc2)nc2c1C(=O)c1ccccc1C2=O. The van der Waals surface area contributed by atoms with Crippen molar-refractivity contribution in [3.8, 4) is 0 Å². The number of benzene rings is 2. The van der Waals surface area contributed by atoms with Crippen molar-refractivity contribution in [2.45, 2.75) is 6.92 Å². The molecule has 3 aromatic rings. The molecule has 0 fully saturated rings. The van der Waals surface area contributed by atoms with Gasteiger partial charge in [0.25, 0.3) is 0 Å². The molecule has 0 spiro atoms. The van der Waals surface area contributed by atoms with Gasteiger partial charge in [0.1, 0.15) is 11.4 Å². The minimum absolute atomic E-state index is 0.00247. The summed E-state index contributed by atoms with van der Waals surface area (Å²) >= 11 is 0. The third-order valence-corrected chi connectivity index (χ3v) is 4.07. The minimum Gasteiger partial charge on any atom is -0.325 e. The summed E-state index contributed by atoms with van der Waals surface area (Å²) in [4.78, 5) is 42.0. The lowest BCUT2D eigenvalue weighted by Gasteiger charge is -2.14. The Labute approximate surface area is 143 Å². The molecule has 1 N–H and O–H groups in total. The van der Waals surface area contributed by atoms with E-state index in [1.165, 1.54) is 11.5 Å². The lowest BCUT2D eigenvalue weighted by molar-refractivity contribution is 0.0910. The molecular formula is C19H13N3O3. The fraction of sp³-hybridized carbons (Fsp3) is 0.0526. The van der Waals surface area contributed by atoms with Crippen LogP contribution in [-0.2, 0) is 0 Å². The van der Waals surface area contributed by atoms with Crippen LogP contribution in [0, 0.1) is 0 Å². The third kappa shape index (κ3) is 2.27. The van der Waals surface area contributed by atoms with E-state index in [-0.39, 0.29) is 34.5 Å². The zero-order valence-electron chi connectivity index (χ0n) is 13.3. The van der Waals surface area contributed by atoms with Gasteiger partial charge in [0, 0.05) is 23.7 Å². The third-order valence-electron chi connectivity index (χ3n) is 4.07. The van der Waals surface area contributed by atoms with Crippen molar-refractivity contribution in [2.75, 3.05) is 5.32 Å². The van der Waals surface area contributed by atoms with E-state index < -0.39 is 5.91 Å². The monoisotopic (exact) mass is 331 g/mol. The second kappa shape index (κ2) is 5.52. The van der Waals surface area contributed by atoms with Gasteiger partial charge in [-0.1, -0.05) is 42.5 Å². The van der Waals surface area contributed by atoms with E-state index in [2.05, 4.69) is 10.3 Å². The Morgan fingerprint density at radius 3 is 2.16 bits per heavy atom. The van der Waals surface area contributed by atoms with Crippen molar-refractivity contribution >= 4 is 29.1 Å². The van der Waals surface area contributed by atoms with Crippen LogP contribution in [0.4, 0.5) is 11.6 Å². The minimum atomic E-state index is -0.396. The lowest BCUT2D eigenvalue weighted by atomic mass is 9.90. The molecule has 0 unspecified atom stereocenters. The van der Waals surface area contributed by atoms with Gasteiger partial charge in [0.15, 0.2) is 0 Å². The fourth-order valence-electron chi connectivity index (χ4n) is 2.96. The molecule has 1 aliphatic carbocycles. The number of ketones is 2. The molecule has 122 valence electrons. The molecule has 0 atom stereocenters. The summed E-state index contributed by atoms with van der Waals surface area (Å²) in [5.41, 5.74) is 1.30. The molecular weight excluding hydrogens is 318 g/mol. The van der Waals surface area contributed by atoms with Gasteiger partial charge in [0.05, 0.1) is 0 Å². The zero-order valence-corrected chi connectivity index (χ0v) is 13.3. The predicted octanol–water partition coefficient (Wildman–Crippen LogP) is 3.06. The van der Waals surface area contributed by atoms with Gasteiger partial charge < -0.3 is 5.32 Å². The fourth-order valence-corrected chi connectivity index (χ4v) is 2.96. The Balaban J connectivity index is 1.91. The normalized spacial score (nSPS) is 12.5. The first kappa shape index (κ1) is 15.0. The average molecular weight is 331 g/mol. The van der Waals surface area contributed by atoms with Crippen molar-refractivity contribution in [3.05, 3.63) is 77.1 Å². The standard InChI is InChI=1S/C19H13N3O3/c1-11(23)22-16-15(21-19(22)20-12-7-3-2-4-8-12)17(24)13-9-5-6-10-14(13)18(16)25/h2-10H,1H3,(H,20,21). The van der Waals surface area contributed by atoms with Gasteiger partial charge in [0.2, 0.25) is 23.4 Å². The number of hydrogen-bond acceptors (Lipinski definition) is 5. The quantitative estimate of drug-likeness (QED) is 0.610. The molecule has 0 aliphatic heterocycles. The summed E-state index contributed by atoms with van der Waals surface area (Å²) in [6.45, 7) is 1.33. The van der Waals surface area contributed by atoms with Crippen molar-refractivity contribution in [3.63, 3.8) is 0 Å². The summed E-state index contributed by atoms with van der Waals surface area (Å²) in [6, 6.07) is 15.7. The summed E-state index contributed by atoms with van der Waals surface area (Å²) in [5, 5.41) is 3.01. The first-order valence-electron chi connectivity index (χ1n) is 7.72. The van der Waals surface area contributed by atoms with Crippen LogP contribution in [0.25, 0.3) is 0 Å². The Morgan fingerprint density at radius 1 is 0.920 bits per heavy atom. The van der Waals surface area contributed by atoms with Gasteiger partial charge in [-0.05, 0) is 12.1 Å². The van der Waals surface area contributed by atoms with Crippen LogP contribution in [0.2, 0.25) is 0 Å². The number of imidazole rings is 1. The highest BCUT2D eigenvalue weighted by atomic mass is 16.2. The molecule has 1 heterocycles. The van der Waals surface area contributed by atoms with Gasteiger partial charge in [-0.3, -0.25) is 14.4 Å². The summed E-state index contributed by atoms with van der Waals surface area (Å²) in [6.07, 6.45) is 0. The van der Waals surface area contributed by atoms with Gasteiger partial charge in [-0.25, -0.2) is 9.55 Å². The molecule has 0 radical (unpaired) electrons. The molecule has 2 aromatic carbocycles. The maximum Gasteiger partial charge on any atom is 0.230 e. The summed E-state index contributed by atoms with van der Waals surface area (Å²) < 4.78 is 1.17. The number of aromatic nitrogens is 2. The Morgan fingerprint density at radius 2 is 1.52 bits per heavy atom. The van der Waals surface area contributed by atoms with Crippen molar-refractivity contribution in [1.29, 1.82) is 0 Å². The highest BCUT2D eigenvalue weighted by Crippen LogP contribution is 2.30. The van der Waals surface area contributed by atoms with E-state index >= 15 is 0 Å². The lowest BCUT2D eigenvalue weighted by Crippen LogP contribution is -2.25. The second-order valence-corrected chi connectivity index (χ2v) is 5.68. The topological polar surface area (TPSA) is 81.1 Å². The largest absolute Gasteiger partial charge is 0.325 e. The zero-order chi connectivity index (χ0) is 17.6. The molecule has 0 saturated heterocycles. The number of carbonyl (C=O) groups is 3. The first-order valence-corrected chi connectivity index (χ1v) is 7.72. The number of para-hydroxylation sites is 1. The second-order valence-electron chi connectivity index (χ2n) is 5.68. The molecule has 6 heteroatoms. The molecule has 6 nitrogen and oxygen atoms in total. The highest BCUT2D eigenvalue weighted by molar-refractivity contribution is 6.28. The molecule has 0 saturated carbocycles. The van der Waals surface area contributed by atoms with Crippen molar-refractivity contribution in [1.82, 2.24) is 9.55 Å². The Kier molecular flexibility index (Phi) is 3.32. The number of hydrogen-bond donors (Lipinski definition) is 1. The number of carbonyl (C=O) groups excluding carboxylic acids is 3. The number of anilines is 2. The van der Waals surface area contributed by atoms with E-state index in [0.717, 1.165) is 0 Å². The van der Waals surface area contributed by atoms with Crippen LogP contribution in [0.5, 0.6) is 0 Å². The number of fused-ring (bicyclic) bond motifs is 2. The number of nitrogens with zero attached hydrogens (tertiary/aromatic N) is 2. The van der Waals surface area contributed by atoms with E-state index in [0.29, 0.717) is 11.3 Å².